The smallest absolute Gasteiger partial charge is 0.314 e. The van der Waals surface area contributed by atoms with E-state index >= 15 is 0 Å². The van der Waals surface area contributed by atoms with E-state index in [9.17, 15) is 9.90 Å². The summed E-state index contributed by atoms with van der Waals surface area (Å²) in [5.74, 6) is 0.0230. The van der Waals surface area contributed by atoms with E-state index in [4.69, 9.17) is 4.74 Å². The van der Waals surface area contributed by atoms with Crippen LogP contribution in [0.3, 0.4) is 0 Å². The van der Waals surface area contributed by atoms with Gasteiger partial charge in [-0.3, -0.25) is 0 Å². The van der Waals surface area contributed by atoms with Gasteiger partial charge < -0.3 is 20.5 Å². The van der Waals surface area contributed by atoms with Crippen LogP contribution < -0.4 is 10.6 Å². The van der Waals surface area contributed by atoms with Crippen LogP contribution in [-0.2, 0) is 4.74 Å². The van der Waals surface area contributed by atoms with Crippen molar-refractivity contribution in [2.75, 3.05) is 26.8 Å². The van der Waals surface area contributed by atoms with Crippen molar-refractivity contribution in [1.82, 2.24) is 10.6 Å². The topological polar surface area (TPSA) is 70.6 Å². The number of urea groups is 1. The second kappa shape index (κ2) is 8.31. The van der Waals surface area contributed by atoms with Crippen molar-refractivity contribution in [3.63, 3.8) is 0 Å². The van der Waals surface area contributed by atoms with Crippen molar-refractivity contribution < 1.29 is 14.6 Å². The van der Waals surface area contributed by atoms with Crippen LogP contribution in [0.1, 0.15) is 39.2 Å². The van der Waals surface area contributed by atoms with Crippen LogP contribution in [0.25, 0.3) is 0 Å². The first-order valence-corrected chi connectivity index (χ1v) is 7.94. The van der Waals surface area contributed by atoms with E-state index in [1.165, 1.54) is 0 Å². The summed E-state index contributed by atoms with van der Waals surface area (Å²) in [5, 5.41) is 15.4. The largest absolute Gasteiger partial charge is 0.396 e. The summed E-state index contributed by atoms with van der Waals surface area (Å²) in [5.41, 5.74) is 0.366. The Bertz CT molecular complexity index is 486. The molecule has 1 unspecified atom stereocenters. The van der Waals surface area contributed by atoms with E-state index in [1.807, 2.05) is 58.0 Å². The minimum Gasteiger partial charge on any atom is -0.396 e. The van der Waals surface area contributed by atoms with Crippen LogP contribution in [0.2, 0.25) is 0 Å². The van der Waals surface area contributed by atoms with Gasteiger partial charge in [0.25, 0.3) is 0 Å². The highest BCUT2D eigenvalue weighted by Crippen LogP contribution is 2.34. The van der Waals surface area contributed by atoms with Crippen molar-refractivity contribution in [3.8, 4) is 0 Å². The zero-order valence-electron chi connectivity index (χ0n) is 14.8. The second-order valence-electron chi connectivity index (χ2n) is 7.14. The van der Waals surface area contributed by atoms with Gasteiger partial charge >= 0.3 is 6.03 Å². The molecule has 2 amide bonds. The van der Waals surface area contributed by atoms with Gasteiger partial charge in [0.15, 0.2) is 0 Å². The molecule has 5 heteroatoms. The Kier molecular flexibility index (Phi) is 7.03. The Morgan fingerprint density at radius 3 is 2.30 bits per heavy atom. The molecule has 0 spiro atoms. The van der Waals surface area contributed by atoms with Gasteiger partial charge in [-0.1, -0.05) is 44.2 Å². The maximum atomic E-state index is 12.0. The Balaban J connectivity index is 2.67. The summed E-state index contributed by atoms with van der Waals surface area (Å²) in [6, 6.07) is 9.71. The predicted molar refractivity (Wildman–Crippen MR) is 92.5 cm³/mol. The van der Waals surface area contributed by atoms with Gasteiger partial charge in [0.1, 0.15) is 0 Å². The van der Waals surface area contributed by atoms with Gasteiger partial charge in [-0.2, -0.15) is 0 Å². The number of hydrogen-bond donors (Lipinski definition) is 3. The summed E-state index contributed by atoms with van der Waals surface area (Å²) in [4.78, 5) is 12.0. The molecule has 0 heterocycles. The molecule has 5 nitrogen and oxygen atoms in total. The molecule has 0 aliphatic carbocycles. The Morgan fingerprint density at radius 2 is 1.78 bits per heavy atom. The third-order valence-corrected chi connectivity index (χ3v) is 4.25. The molecule has 1 atom stereocenters. The van der Waals surface area contributed by atoms with E-state index in [0.717, 1.165) is 5.56 Å². The first-order valence-electron chi connectivity index (χ1n) is 7.94. The Morgan fingerprint density at radius 1 is 1.17 bits per heavy atom. The lowest BCUT2D eigenvalue weighted by molar-refractivity contribution is 0.0253. The molecule has 23 heavy (non-hydrogen) atoms. The van der Waals surface area contributed by atoms with Crippen LogP contribution in [0, 0.1) is 5.41 Å². The SMILES string of the molecule is COC(C)(C)CNC(=O)NCC(c1ccccc1)C(C)(C)CO. The average molecular weight is 322 g/mol. The molecule has 1 rings (SSSR count). The molecule has 0 fully saturated rings. The molecule has 130 valence electrons. The molecule has 0 aliphatic heterocycles. The number of carbonyl (C=O) groups excluding carboxylic acids is 1. The number of rotatable bonds is 8. The number of carbonyl (C=O) groups is 1. The van der Waals surface area contributed by atoms with Gasteiger partial charge in [0.05, 0.1) is 5.60 Å². The maximum absolute atomic E-state index is 12.0. The number of ether oxygens (including phenoxy) is 1. The highest BCUT2D eigenvalue weighted by Gasteiger charge is 2.30. The fourth-order valence-corrected chi connectivity index (χ4v) is 2.26. The quantitative estimate of drug-likeness (QED) is 0.689. The maximum Gasteiger partial charge on any atom is 0.314 e. The zero-order chi connectivity index (χ0) is 17.5. The van der Waals surface area contributed by atoms with Gasteiger partial charge in [0.2, 0.25) is 0 Å². The van der Waals surface area contributed by atoms with Crippen LogP contribution in [0.5, 0.6) is 0 Å². The van der Waals surface area contributed by atoms with E-state index in [1.54, 1.807) is 7.11 Å². The van der Waals surface area contributed by atoms with Crippen molar-refractivity contribution in [1.29, 1.82) is 0 Å². The molecular formula is C18H30N2O3. The summed E-state index contributed by atoms with van der Waals surface area (Å²) < 4.78 is 5.28. The number of aliphatic hydroxyl groups is 1. The number of benzene rings is 1. The first kappa shape index (κ1) is 19.5. The Labute approximate surface area is 139 Å². The van der Waals surface area contributed by atoms with E-state index in [0.29, 0.717) is 13.1 Å². The summed E-state index contributed by atoms with van der Waals surface area (Å²) in [6.07, 6.45) is 0. The predicted octanol–water partition coefficient (Wildman–Crippen LogP) is 2.51. The third-order valence-electron chi connectivity index (χ3n) is 4.25. The van der Waals surface area contributed by atoms with Gasteiger partial charge in [-0.25, -0.2) is 4.79 Å². The molecule has 0 radical (unpaired) electrons. The monoisotopic (exact) mass is 322 g/mol. The molecule has 1 aromatic carbocycles. The van der Waals surface area contributed by atoms with Crippen LogP contribution in [0.4, 0.5) is 4.79 Å². The van der Waals surface area contributed by atoms with Crippen LogP contribution in [-0.4, -0.2) is 43.5 Å². The van der Waals surface area contributed by atoms with Gasteiger partial charge in [0, 0.05) is 32.7 Å². The summed E-state index contributed by atoms with van der Waals surface area (Å²) >= 11 is 0. The lowest BCUT2D eigenvalue weighted by atomic mass is 9.75. The van der Waals surface area contributed by atoms with Crippen LogP contribution in [0.15, 0.2) is 30.3 Å². The standard InChI is InChI=1S/C18H30N2O3/c1-17(2,13-21)15(14-9-7-6-8-10-14)11-19-16(22)20-12-18(3,4)23-5/h6-10,15,21H,11-13H2,1-5H3,(H2,19,20,22). The van der Waals surface area contributed by atoms with Crippen LogP contribution >= 0.6 is 0 Å². The van der Waals surface area contributed by atoms with Gasteiger partial charge in [-0.15, -0.1) is 0 Å². The van der Waals surface area contributed by atoms with Gasteiger partial charge in [-0.05, 0) is 24.8 Å². The highest BCUT2D eigenvalue weighted by atomic mass is 16.5. The normalized spacial score (nSPS) is 13.5. The number of methoxy groups -OCH3 is 1. The molecule has 0 saturated carbocycles. The minimum absolute atomic E-state index is 0.0230. The number of aliphatic hydroxyl groups excluding tert-OH is 1. The molecule has 1 aromatic rings. The summed E-state index contributed by atoms with van der Waals surface area (Å²) in [7, 11) is 1.62. The fourth-order valence-electron chi connectivity index (χ4n) is 2.26. The molecule has 0 bridgehead atoms. The molecule has 3 N–H and O–H groups in total. The van der Waals surface area contributed by atoms with E-state index in [2.05, 4.69) is 10.6 Å². The molecule has 0 aromatic heterocycles. The number of nitrogens with one attached hydrogen (secondary N) is 2. The molecule has 0 aliphatic rings. The molecule has 0 saturated heterocycles. The number of amides is 2. The number of hydrogen-bond acceptors (Lipinski definition) is 3. The lowest BCUT2D eigenvalue weighted by Crippen LogP contribution is -2.46. The van der Waals surface area contributed by atoms with Crippen molar-refractivity contribution in [2.24, 2.45) is 5.41 Å². The van der Waals surface area contributed by atoms with Crippen molar-refractivity contribution >= 4 is 6.03 Å². The minimum atomic E-state index is -0.402. The lowest BCUT2D eigenvalue weighted by Gasteiger charge is -2.33. The van der Waals surface area contributed by atoms with E-state index < -0.39 is 5.60 Å². The fraction of sp³-hybridized carbons (Fsp3) is 0.611. The van der Waals surface area contributed by atoms with E-state index in [-0.39, 0.29) is 24.0 Å². The Hall–Kier alpha value is -1.59. The summed E-state index contributed by atoms with van der Waals surface area (Å²) in [6.45, 7) is 8.75. The highest BCUT2D eigenvalue weighted by molar-refractivity contribution is 5.74. The second-order valence-corrected chi connectivity index (χ2v) is 7.14. The van der Waals surface area contributed by atoms with Crippen molar-refractivity contribution in [2.45, 2.75) is 39.2 Å². The zero-order valence-corrected chi connectivity index (χ0v) is 14.8. The first-order chi connectivity index (χ1) is 10.7. The average Bonchev–Trinajstić information content (AvgIpc) is 2.54. The third kappa shape index (κ3) is 6.20. The van der Waals surface area contributed by atoms with Crippen molar-refractivity contribution in [3.05, 3.63) is 35.9 Å². The molecular weight excluding hydrogens is 292 g/mol.